The topological polar surface area (TPSA) is 80.7 Å². The number of aliphatic carboxylic acids is 1. The number of carboxylic acid groups (broad SMARTS) is 1. The van der Waals surface area contributed by atoms with E-state index in [9.17, 15) is 14.4 Å². The summed E-state index contributed by atoms with van der Waals surface area (Å²) in [6, 6.07) is 0. The summed E-state index contributed by atoms with van der Waals surface area (Å²) in [5, 5.41) is 7.89. The van der Waals surface area contributed by atoms with Crippen LogP contribution in [0.25, 0.3) is 0 Å². The van der Waals surface area contributed by atoms with Gasteiger partial charge in [-0.05, 0) is 6.92 Å². The maximum absolute atomic E-state index is 9.92. The number of carboxylic acids is 1. The Balaban J connectivity index is 0. The second kappa shape index (κ2) is 8.43. The van der Waals surface area contributed by atoms with Gasteiger partial charge in [-0.2, -0.15) is 0 Å². The van der Waals surface area contributed by atoms with Gasteiger partial charge in [0.25, 0.3) is 0 Å². The molecule has 0 aliphatic carbocycles. The first-order chi connectivity index (χ1) is 6.93. The number of hydrogen-bond acceptors (Lipinski definition) is 4. The molecule has 0 fully saturated rings. The summed E-state index contributed by atoms with van der Waals surface area (Å²) in [5.41, 5.74) is 0.176. The van der Waals surface area contributed by atoms with E-state index < -0.39 is 17.9 Å². The summed E-state index contributed by atoms with van der Waals surface area (Å²) in [7, 11) is 0. The molecule has 1 N–H and O–H groups in total. The van der Waals surface area contributed by atoms with Gasteiger partial charge in [-0.1, -0.05) is 6.58 Å². The molecule has 0 unspecified atom stereocenters. The van der Waals surface area contributed by atoms with Gasteiger partial charge in [0.1, 0.15) is 0 Å². The first-order valence-corrected chi connectivity index (χ1v) is 3.76. The van der Waals surface area contributed by atoms with Crippen molar-refractivity contribution in [2.24, 2.45) is 0 Å². The maximum atomic E-state index is 9.92. The fourth-order valence-corrected chi connectivity index (χ4v) is 0.303. The van der Waals surface area contributed by atoms with Crippen LogP contribution in [-0.2, 0) is 19.1 Å². The maximum Gasteiger partial charge on any atom is 0.338 e. The van der Waals surface area contributed by atoms with E-state index in [4.69, 9.17) is 5.11 Å². The van der Waals surface area contributed by atoms with E-state index in [1.807, 2.05) is 0 Å². The molecule has 0 radical (unpaired) electrons. The third-order valence-corrected chi connectivity index (χ3v) is 0.922. The molecule has 1 aliphatic heterocycles. The van der Waals surface area contributed by atoms with Crippen molar-refractivity contribution in [3.63, 3.8) is 0 Å². The molecule has 5 nitrogen and oxygen atoms in total. The lowest BCUT2D eigenvalue weighted by Crippen LogP contribution is -1.96. The van der Waals surface area contributed by atoms with Crippen molar-refractivity contribution in [3.05, 3.63) is 37.5 Å². The molecule has 0 aromatic heterocycles. The number of carbonyl (C=O) groups excluding carboxylic acids is 2. The summed E-state index contributed by atoms with van der Waals surface area (Å²) in [5.74, 6) is -2.09. The van der Waals surface area contributed by atoms with Gasteiger partial charge in [-0.25, -0.2) is 14.4 Å². The standard InChI is InChI=1S/C4H2O3.C4H6O2.C2H4/c5-3-1-2-4(6)7-3;1-3(2)4(5)6;1-2/h1-2H;1H2,2H3,(H,5,6);1-2H2. The molecule has 5 heteroatoms. The van der Waals surface area contributed by atoms with Crippen LogP contribution in [0.1, 0.15) is 6.92 Å². The molecule has 15 heavy (non-hydrogen) atoms. The van der Waals surface area contributed by atoms with Crippen LogP contribution < -0.4 is 0 Å². The second-order valence-corrected chi connectivity index (χ2v) is 2.16. The highest BCUT2D eigenvalue weighted by Gasteiger charge is 2.10. The average Bonchev–Trinajstić information content (AvgIpc) is 2.54. The van der Waals surface area contributed by atoms with Crippen LogP contribution in [0.3, 0.4) is 0 Å². The Morgan fingerprint density at radius 3 is 1.60 bits per heavy atom. The lowest BCUT2D eigenvalue weighted by atomic mass is 10.4. The van der Waals surface area contributed by atoms with E-state index in [-0.39, 0.29) is 5.57 Å². The highest BCUT2D eigenvalue weighted by atomic mass is 16.6. The molecule has 0 aromatic rings. The molecule has 1 rings (SSSR count). The van der Waals surface area contributed by atoms with Gasteiger partial charge in [0, 0.05) is 17.7 Å². The Bertz CT molecular complexity index is 273. The number of esters is 2. The SMILES string of the molecule is C=C.C=C(C)C(=O)O.O=C1C=CC(=O)O1. The zero-order valence-corrected chi connectivity index (χ0v) is 8.36. The lowest BCUT2D eigenvalue weighted by Gasteiger charge is -1.80. The van der Waals surface area contributed by atoms with Crippen molar-refractivity contribution in [3.8, 4) is 0 Å². The molecule has 0 bridgehead atoms. The summed E-state index contributed by atoms with van der Waals surface area (Å²) in [4.78, 5) is 29.4. The van der Waals surface area contributed by atoms with Crippen molar-refractivity contribution in [1.82, 2.24) is 0 Å². The van der Waals surface area contributed by atoms with Crippen LogP contribution in [0, 0.1) is 0 Å². The van der Waals surface area contributed by atoms with Crippen LogP contribution in [-0.4, -0.2) is 23.0 Å². The third-order valence-electron chi connectivity index (χ3n) is 0.922. The van der Waals surface area contributed by atoms with Crippen LogP contribution in [0.4, 0.5) is 0 Å². The number of rotatable bonds is 1. The summed E-state index contributed by atoms with van der Waals surface area (Å²) < 4.78 is 3.97. The van der Waals surface area contributed by atoms with Crippen LogP contribution in [0.15, 0.2) is 37.5 Å². The number of hydrogen-bond donors (Lipinski definition) is 1. The Hall–Kier alpha value is -2.17. The smallest absolute Gasteiger partial charge is 0.338 e. The van der Waals surface area contributed by atoms with Crippen LogP contribution in [0.5, 0.6) is 0 Å². The molecular weight excluding hydrogens is 200 g/mol. The summed E-state index contributed by atoms with van der Waals surface area (Å²) in [6.45, 7) is 10.6. The Morgan fingerprint density at radius 2 is 1.53 bits per heavy atom. The molecule has 82 valence electrons. The molecule has 0 saturated heterocycles. The largest absolute Gasteiger partial charge is 0.478 e. The van der Waals surface area contributed by atoms with E-state index in [1.54, 1.807) is 0 Å². The van der Waals surface area contributed by atoms with Gasteiger partial charge in [0.05, 0.1) is 0 Å². The van der Waals surface area contributed by atoms with E-state index in [0.29, 0.717) is 0 Å². The zero-order chi connectivity index (χ0) is 12.4. The Labute approximate surface area is 87.4 Å². The second-order valence-electron chi connectivity index (χ2n) is 2.16. The minimum atomic E-state index is -0.935. The fraction of sp³-hybridized carbons (Fsp3) is 0.100. The average molecular weight is 212 g/mol. The van der Waals surface area contributed by atoms with Gasteiger partial charge in [-0.3, -0.25) is 0 Å². The molecule has 0 spiro atoms. The Morgan fingerprint density at radius 1 is 1.27 bits per heavy atom. The first kappa shape index (κ1) is 15.3. The molecule has 0 saturated carbocycles. The van der Waals surface area contributed by atoms with Crippen molar-refractivity contribution >= 4 is 17.9 Å². The van der Waals surface area contributed by atoms with Gasteiger partial charge < -0.3 is 9.84 Å². The normalized spacial score (nSPS) is 11.5. The molecule has 1 heterocycles. The number of ether oxygens (including phenoxy) is 1. The minimum Gasteiger partial charge on any atom is -0.478 e. The number of carbonyl (C=O) groups is 3. The molecular formula is C10H12O5. The van der Waals surface area contributed by atoms with E-state index in [1.165, 1.54) is 6.92 Å². The molecule has 0 amide bonds. The van der Waals surface area contributed by atoms with Gasteiger partial charge in [0.15, 0.2) is 0 Å². The first-order valence-electron chi connectivity index (χ1n) is 3.76. The molecule has 1 aliphatic rings. The van der Waals surface area contributed by atoms with Crippen molar-refractivity contribution < 1.29 is 24.2 Å². The zero-order valence-electron chi connectivity index (χ0n) is 8.36. The van der Waals surface area contributed by atoms with Crippen LogP contribution >= 0.6 is 0 Å². The number of cyclic esters (lactones) is 2. The Kier molecular flexibility index (Phi) is 8.60. The third kappa shape index (κ3) is 9.75. The molecule has 0 aromatic carbocycles. The predicted octanol–water partition coefficient (Wildman–Crippen LogP) is 1.08. The van der Waals surface area contributed by atoms with Crippen molar-refractivity contribution in [2.45, 2.75) is 6.92 Å². The minimum absolute atomic E-state index is 0.176. The van der Waals surface area contributed by atoms with Crippen LogP contribution in [0.2, 0.25) is 0 Å². The monoisotopic (exact) mass is 212 g/mol. The van der Waals surface area contributed by atoms with Gasteiger partial charge >= 0.3 is 17.9 Å². The van der Waals surface area contributed by atoms with Crippen molar-refractivity contribution in [2.75, 3.05) is 0 Å². The van der Waals surface area contributed by atoms with E-state index in [2.05, 4.69) is 24.5 Å². The summed E-state index contributed by atoms with van der Waals surface area (Å²) in [6.07, 6.45) is 2.17. The quantitative estimate of drug-likeness (QED) is 0.304. The summed E-state index contributed by atoms with van der Waals surface area (Å²) >= 11 is 0. The predicted molar refractivity (Wildman–Crippen MR) is 53.9 cm³/mol. The van der Waals surface area contributed by atoms with E-state index >= 15 is 0 Å². The fourth-order valence-electron chi connectivity index (χ4n) is 0.303. The lowest BCUT2D eigenvalue weighted by molar-refractivity contribution is -0.150. The van der Waals surface area contributed by atoms with Gasteiger partial charge in [0.2, 0.25) is 0 Å². The highest BCUT2D eigenvalue weighted by Crippen LogP contribution is 1.92. The van der Waals surface area contributed by atoms with Crippen molar-refractivity contribution in [1.29, 1.82) is 0 Å². The molecule has 0 atom stereocenters. The highest BCUT2D eigenvalue weighted by molar-refractivity contribution is 6.04. The van der Waals surface area contributed by atoms with E-state index in [0.717, 1.165) is 12.2 Å². The van der Waals surface area contributed by atoms with Gasteiger partial charge in [-0.15, -0.1) is 13.2 Å².